The maximum absolute atomic E-state index is 9.65. The van der Waals surface area contributed by atoms with Crippen molar-refractivity contribution in [1.82, 2.24) is 0 Å². The Morgan fingerprint density at radius 1 is 1.75 bits per heavy atom. The van der Waals surface area contributed by atoms with Gasteiger partial charge < -0.3 is 5.11 Å². The lowest BCUT2D eigenvalue weighted by Crippen LogP contribution is -1.84. The highest BCUT2D eigenvalue weighted by atomic mass is 79.9. The van der Waals surface area contributed by atoms with Gasteiger partial charge in [-0.1, -0.05) is 22.0 Å². The minimum atomic E-state index is -0.903. The largest absolute Gasteiger partial charge is 0.478 e. The zero-order valence-electron chi connectivity index (χ0n) is 4.00. The Morgan fingerprint density at radius 3 is 2.38 bits per heavy atom. The molecule has 0 spiro atoms. The first kappa shape index (κ1) is 10.9. The van der Waals surface area contributed by atoms with Crippen molar-refractivity contribution in [1.29, 1.82) is 0 Å². The SMILES string of the molecule is Cl.O=C(O)/C=C/CBr. The van der Waals surface area contributed by atoms with E-state index in [0.717, 1.165) is 6.08 Å². The second kappa shape index (κ2) is 6.98. The molecular weight excluding hydrogens is 195 g/mol. The van der Waals surface area contributed by atoms with Gasteiger partial charge in [-0.2, -0.15) is 0 Å². The van der Waals surface area contributed by atoms with Gasteiger partial charge in [0.25, 0.3) is 0 Å². The standard InChI is InChI=1S/C4H5BrO2.ClH/c5-3-1-2-4(6)7;/h1-2H,3H2,(H,6,7);1H/b2-1+;. The number of rotatable bonds is 2. The highest BCUT2D eigenvalue weighted by molar-refractivity contribution is 9.09. The van der Waals surface area contributed by atoms with E-state index >= 15 is 0 Å². The summed E-state index contributed by atoms with van der Waals surface area (Å²) in [5.41, 5.74) is 0. The molecule has 4 heteroatoms. The number of hydrogen-bond donors (Lipinski definition) is 1. The Balaban J connectivity index is 0. The van der Waals surface area contributed by atoms with Crippen LogP contribution in [0.4, 0.5) is 0 Å². The molecule has 0 heterocycles. The lowest BCUT2D eigenvalue weighted by atomic mass is 10.5. The fourth-order valence-corrected chi connectivity index (χ4v) is 0.332. The van der Waals surface area contributed by atoms with Crippen LogP contribution < -0.4 is 0 Å². The van der Waals surface area contributed by atoms with Gasteiger partial charge in [-0.15, -0.1) is 12.4 Å². The molecular formula is C4H6BrClO2. The van der Waals surface area contributed by atoms with Crippen molar-refractivity contribution in [3.63, 3.8) is 0 Å². The number of aliphatic carboxylic acids is 1. The Kier molecular flexibility index (Phi) is 9.49. The van der Waals surface area contributed by atoms with Crippen LogP contribution in [0.5, 0.6) is 0 Å². The van der Waals surface area contributed by atoms with E-state index in [1.54, 1.807) is 0 Å². The molecule has 0 saturated carbocycles. The van der Waals surface area contributed by atoms with Gasteiger partial charge in [0.05, 0.1) is 0 Å². The van der Waals surface area contributed by atoms with E-state index in [1.807, 2.05) is 0 Å². The molecule has 0 saturated heterocycles. The summed E-state index contributed by atoms with van der Waals surface area (Å²) in [5, 5.41) is 8.53. The number of carboxylic acids is 1. The molecule has 0 aromatic rings. The van der Waals surface area contributed by atoms with Gasteiger partial charge in [-0.3, -0.25) is 0 Å². The zero-order valence-corrected chi connectivity index (χ0v) is 6.41. The molecule has 0 unspecified atom stereocenters. The van der Waals surface area contributed by atoms with Crippen molar-refractivity contribution in [2.45, 2.75) is 0 Å². The quantitative estimate of drug-likeness (QED) is 0.542. The molecule has 0 amide bonds. The Bertz CT molecular complexity index is 92.0. The van der Waals surface area contributed by atoms with Crippen LogP contribution >= 0.6 is 28.3 Å². The number of carboxylic acid groups (broad SMARTS) is 1. The summed E-state index contributed by atoms with van der Waals surface area (Å²) in [5.74, 6) is -0.903. The topological polar surface area (TPSA) is 37.3 Å². The lowest BCUT2D eigenvalue weighted by molar-refractivity contribution is -0.131. The van der Waals surface area contributed by atoms with Crippen molar-refractivity contribution in [3.05, 3.63) is 12.2 Å². The van der Waals surface area contributed by atoms with Crippen molar-refractivity contribution in [3.8, 4) is 0 Å². The molecule has 0 aliphatic heterocycles. The molecule has 0 bridgehead atoms. The molecule has 0 fully saturated rings. The van der Waals surface area contributed by atoms with E-state index in [9.17, 15) is 4.79 Å². The fourth-order valence-electron chi connectivity index (χ4n) is 0.145. The monoisotopic (exact) mass is 200 g/mol. The van der Waals surface area contributed by atoms with Crippen LogP contribution in [0.1, 0.15) is 0 Å². The smallest absolute Gasteiger partial charge is 0.328 e. The van der Waals surface area contributed by atoms with Crippen LogP contribution in [0.15, 0.2) is 12.2 Å². The van der Waals surface area contributed by atoms with E-state index in [-0.39, 0.29) is 12.4 Å². The maximum atomic E-state index is 9.65. The summed E-state index contributed by atoms with van der Waals surface area (Å²) in [6.07, 6.45) is 2.61. The number of alkyl halides is 1. The normalized spacial score (nSPS) is 8.62. The van der Waals surface area contributed by atoms with E-state index in [4.69, 9.17) is 5.11 Å². The fraction of sp³-hybridized carbons (Fsp3) is 0.250. The molecule has 8 heavy (non-hydrogen) atoms. The van der Waals surface area contributed by atoms with Gasteiger partial charge in [0.1, 0.15) is 0 Å². The van der Waals surface area contributed by atoms with E-state index < -0.39 is 5.97 Å². The molecule has 0 aromatic heterocycles. The molecule has 0 aromatic carbocycles. The molecule has 48 valence electrons. The van der Waals surface area contributed by atoms with E-state index in [2.05, 4.69) is 15.9 Å². The number of hydrogen-bond acceptors (Lipinski definition) is 1. The van der Waals surface area contributed by atoms with Crippen molar-refractivity contribution < 1.29 is 9.90 Å². The van der Waals surface area contributed by atoms with Crippen LogP contribution in [-0.2, 0) is 4.79 Å². The summed E-state index contributed by atoms with van der Waals surface area (Å²) in [6.45, 7) is 0. The predicted octanol–water partition coefficient (Wildman–Crippen LogP) is 1.44. The van der Waals surface area contributed by atoms with Gasteiger partial charge in [0.2, 0.25) is 0 Å². The second-order valence-electron chi connectivity index (χ2n) is 0.895. The third-order valence-corrected chi connectivity index (χ3v) is 0.723. The summed E-state index contributed by atoms with van der Waals surface area (Å²) < 4.78 is 0. The van der Waals surface area contributed by atoms with Crippen LogP contribution in [0, 0.1) is 0 Å². The number of allylic oxidation sites excluding steroid dienone is 1. The van der Waals surface area contributed by atoms with E-state index in [0.29, 0.717) is 5.33 Å². The highest BCUT2D eigenvalue weighted by Crippen LogP contribution is 1.79. The molecule has 0 radical (unpaired) electrons. The number of halogens is 2. The van der Waals surface area contributed by atoms with Crippen LogP contribution in [0.2, 0.25) is 0 Å². The molecule has 2 nitrogen and oxygen atoms in total. The van der Waals surface area contributed by atoms with Crippen LogP contribution in [0.25, 0.3) is 0 Å². The summed E-state index contributed by atoms with van der Waals surface area (Å²) >= 11 is 3.03. The van der Waals surface area contributed by atoms with Gasteiger partial charge in [-0.25, -0.2) is 4.79 Å². The van der Waals surface area contributed by atoms with Crippen molar-refractivity contribution in [2.24, 2.45) is 0 Å². The van der Waals surface area contributed by atoms with Crippen LogP contribution in [0.3, 0.4) is 0 Å². The van der Waals surface area contributed by atoms with Crippen LogP contribution in [-0.4, -0.2) is 16.4 Å². The minimum absolute atomic E-state index is 0. The summed E-state index contributed by atoms with van der Waals surface area (Å²) in [4.78, 5) is 9.65. The Labute approximate surface area is 62.1 Å². The third-order valence-electron chi connectivity index (χ3n) is 0.350. The average molecular weight is 201 g/mol. The predicted molar refractivity (Wildman–Crippen MR) is 37.8 cm³/mol. The zero-order chi connectivity index (χ0) is 5.70. The molecule has 0 aliphatic carbocycles. The number of carbonyl (C=O) groups is 1. The minimum Gasteiger partial charge on any atom is -0.478 e. The van der Waals surface area contributed by atoms with Gasteiger partial charge in [0, 0.05) is 11.4 Å². The van der Waals surface area contributed by atoms with Gasteiger partial charge >= 0.3 is 5.97 Å². The first-order chi connectivity index (χ1) is 3.27. The third kappa shape index (κ3) is 9.36. The Morgan fingerprint density at radius 2 is 2.25 bits per heavy atom. The average Bonchev–Trinajstić information content (AvgIpc) is 1.61. The molecule has 0 aliphatic rings. The molecule has 1 N–H and O–H groups in total. The van der Waals surface area contributed by atoms with E-state index in [1.165, 1.54) is 6.08 Å². The van der Waals surface area contributed by atoms with Gasteiger partial charge in [0.15, 0.2) is 0 Å². The second-order valence-corrected chi connectivity index (χ2v) is 1.54. The molecule has 0 rings (SSSR count). The summed E-state index contributed by atoms with van der Waals surface area (Å²) in [7, 11) is 0. The lowest BCUT2D eigenvalue weighted by Gasteiger charge is -1.72. The Hall–Kier alpha value is -0.0200. The highest BCUT2D eigenvalue weighted by Gasteiger charge is 1.79. The van der Waals surface area contributed by atoms with Crippen molar-refractivity contribution in [2.75, 3.05) is 5.33 Å². The molecule has 0 atom stereocenters. The van der Waals surface area contributed by atoms with Crippen molar-refractivity contribution >= 4 is 34.3 Å². The maximum Gasteiger partial charge on any atom is 0.328 e. The summed E-state index contributed by atoms with van der Waals surface area (Å²) in [6, 6.07) is 0. The van der Waals surface area contributed by atoms with Gasteiger partial charge in [-0.05, 0) is 0 Å². The first-order valence-corrected chi connectivity index (χ1v) is 2.85. The first-order valence-electron chi connectivity index (χ1n) is 1.73.